The molecule has 0 radical (unpaired) electrons. The first-order valence-electron chi connectivity index (χ1n) is 8.81. The minimum absolute atomic E-state index is 0.0268. The van der Waals surface area contributed by atoms with Crippen LogP contribution >= 0.6 is 0 Å². The molecule has 3 rings (SSSR count). The molecule has 2 heterocycles. The summed E-state index contributed by atoms with van der Waals surface area (Å²) in [6.45, 7) is 6.99. The van der Waals surface area contributed by atoms with E-state index in [-0.39, 0.29) is 11.9 Å². The predicted octanol–water partition coefficient (Wildman–Crippen LogP) is 3.97. The van der Waals surface area contributed by atoms with Gasteiger partial charge in [0.1, 0.15) is 5.76 Å². The topological polar surface area (TPSA) is 45.5 Å². The van der Waals surface area contributed by atoms with Crippen LogP contribution in [0.2, 0.25) is 0 Å². The highest BCUT2D eigenvalue weighted by Crippen LogP contribution is 2.25. The van der Waals surface area contributed by atoms with Crippen molar-refractivity contribution in [2.75, 3.05) is 19.6 Å². The van der Waals surface area contributed by atoms with Crippen LogP contribution in [0.3, 0.4) is 0 Å². The number of carbonyl (C=O) groups is 1. The van der Waals surface area contributed by atoms with E-state index in [1.54, 1.807) is 6.26 Å². The quantitative estimate of drug-likeness (QED) is 0.873. The molecule has 1 amide bonds. The molecule has 1 fully saturated rings. The van der Waals surface area contributed by atoms with Crippen molar-refractivity contribution in [1.82, 2.24) is 10.2 Å². The highest BCUT2D eigenvalue weighted by Gasteiger charge is 2.26. The number of rotatable bonds is 6. The smallest absolute Gasteiger partial charge is 0.251 e. The summed E-state index contributed by atoms with van der Waals surface area (Å²) in [4.78, 5) is 14.8. The molecule has 4 heteroatoms. The molecule has 1 aromatic heterocycles. The van der Waals surface area contributed by atoms with Gasteiger partial charge in [-0.15, -0.1) is 0 Å². The van der Waals surface area contributed by atoms with Crippen LogP contribution in [0.4, 0.5) is 0 Å². The first-order chi connectivity index (χ1) is 11.6. The maximum Gasteiger partial charge on any atom is 0.251 e. The van der Waals surface area contributed by atoms with E-state index in [2.05, 4.69) is 24.1 Å². The lowest BCUT2D eigenvalue weighted by molar-refractivity contribution is 0.0933. The van der Waals surface area contributed by atoms with Crippen molar-refractivity contribution in [2.24, 2.45) is 0 Å². The highest BCUT2D eigenvalue weighted by molar-refractivity contribution is 5.94. The van der Waals surface area contributed by atoms with E-state index >= 15 is 0 Å². The van der Waals surface area contributed by atoms with Gasteiger partial charge in [-0.1, -0.05) is 26.0 Å². The van der Waals surface area contributed by atoms with E-state index in [1.165, 1.54) is 18.4 Å². The second kappa shape index (κ2) is 7.67. The first kappa shape index (κ1) is 16.8. The van der Waals surface area contributed by atoms with E-state index < -0.39 is 0 Å². The molecule has 0 spiro atoms. The van der Waals surface area contributed by atoms with Crippen LogP contribution in [0.1, 0.15) is 60.3 Å². The summed E-state index contributed by atoms with van der Waals surface area (Å²) >= 11 is 0. The van der Waals surface area contributed by atoms with Crippen molar-refractivity contribution >= 4 is 5.91 Å². The third-order valence-electron chi connectivity index (χ3n) is 4.75. The number of hydrogen-bond acceptors (Lipinski definition) is 3. The average molecular weight is 326 g/mol. The molecule has 0 aliphatic carbocycles. The SMILES string of the molecule is CC(C)c1ccc(C(=O)NCC(c2ccco2)N2CCCC2)cc1. The van der Waals surface area contributed by atoms with Gasteiger partial charge in [-0.3, -0.25) is 9.69 Å². The number of amides is 1. The van der Waals surface area contributed by atoms with E-state index in [0.717, 1.165) is 18.8 Å². The summed E-state index contributed by atoms with van der Waals surface area (Å²) in [5.74, 6) is 1.37. The second-order valence-corrected chi connectivity index (χ2v) is 6.76. The Labute approximate surface area is 143 Å². The maximum absolute atomic E-state index is 12.5. The summed E-state index contributed by atoms with van der Waals surface area (Å²) in [6, 6.07) is 11.9. The maximum atomic E-state index is 12.5. The molecule has 2 aromatic rings. The average Bonchev–Trinajstić information content (AvgIpc) is 3.29. The van der Waals surface area contributed by atoms with E-state index in [4.69, 9.17) is 4.42 Å². The standard InChI is InChI=1S/C20H26N2O2/c1-15(2)16-7-9-17(10-8-16)20(23)21-14-18(19-6-5-13-24-19)22-11-3-4-12-22/h5-10,13,15,18H,3-4,11-12,14H2,1-2H3,(H,21,23). The molecular weight excluding hydrogens is 300 g/mol. The van der Waals surface area contributed by atoms with Gasteiger partial charge in [-0.25, -0.2) is 0 Å². The Balaban J connectivity index is 1.64. The number of nitrogens with one attached hydrogen (secondary N) is 1. The molecule has 1 unspecified atom stereocenters. The largest absolute Gasteiger partial charge is 0.468 e. The monoisotopic (exact) mass is 326 g/mol. The number of likely N-dealkylation sites (tertiary alicyclic amines) is 1. The fraction of sp³-hybridized carbons (Fsp3) is 0.450. The van der Waals surface area contributed by atoms with Crippen molar-refractivity contribution in [3.8, 4) is 0 Å². The van der Waals surface area contributed by atoms with Crippen LogP contribution in [0, 0.1) is 0 Å². The van der Waals surface area contributed by atoms with Gasteiger partial charge in [0.25, 0.3) is 5.91 Å². The van der Waals surface area contributed by atoms with Gasteiger partial charge in [0.2, 0.25) is 0 Å². The Morgan fingerprint density at radius 2 is 1.88 bits per heavy atom. The summed E-state index contributed by atoms with van der Waals surface area (Å²) in [7, 11) is 0. The summed E-state index contributed by atoms with van der Waals surface area (Å²) in [5, 5.41) is 3.07. The molecule has 1 saturated heterocycles. The summed E-state index contributed by atoms with van der Waals surface area (Å²) < 4.78 is 5.60. The van der Waals surface area contributed by atoms with Crippen molar-refractivity contribution < 1.29 is 9.21 Å². The van der Waals surface area contributed by atoms with Crippen LogP contribution in [0.5, 0.6) is 0 Å². The number of benzene rings is 1. The molecule has 1 atom stereocenters. The molecule has 1 aliphatic heterocycles. The number of furan rings is 1. The third-order valence-corrected chi connectivity index (χ3v) is 4.75. The second-order valence-electron chi connectivity index (χ2n) is 6.76. The molecule has 1 aromatic carbocycles. The zero-order chi connectivity index (χ0) is 16.9. The zero-order valence-corrected chi connectivity index (χ0v) is 14.5. The minimum Gasteiger partial charge on any atom is -0.468 e. The van der Waals surface area contributed by atoms with Crippen LogP contribution in [-0.2, 0) is 0 Å². The van der Waals surface area contributed by atoms with Gasteiger partial charge in [-0.2, -0.15) is 0 Å². The van der Waals surface area contributed by atoms with Crippen LogP contribution in [0.15, 0.2) is 47.1 Å². The fourth-order valence-corrected chi connectivity index (χ4v) is 3.25. The molecule has 1 N–H and O–H groups in total. The zero-order valence-electron chi connectivity index (χ0n) is 14.5. The lowest BCUT2D eigenvalue weighted by atomic mass is 10.0. The lowest BCUT2D eigenvalue weighted by Gasteiger charge is -2.26. The van der Waals surface area contributed by atoms with Crippen LogP contribution < -0.4 is 5.32 Å². The molecule has 24 heavy (non-hydrogen) atoms. The van der Waals surface area contributed by atoms with Crippen LogP contribution in [0.25, 0.3) is 0 Å². The third kappa shape index (κ3) is 3.88. The molecule has 0 saturated carbocycles. The Morgan fingerprint density at radius 1 is 1.17 bits per heavy atom. The van der Waals surface area contributed by atoms with Crippen LogP contribution in [-0.4, -0.2) is 30.4 Å². The Morgan fingerprint density at radius 3 is 2.46 bits per heavy atom. The molecule has 1 aliphatic rings. The Hall–Kier alpha value is -2.07. The molecule has 0 bridgehead atoms. The van der Waals surface area contributed by atoms with E-state index in [0.29, 0.717) is 18.0 Å². The van der Waals surface area contributed by atoms with Gasteiger partial charge in [-0.05, 0) is 61.7 Å². The number of hydrogen-bond donors (Lipinski definition) is 1. The molecule has 4 nitrogen and oxygen atoms in total. The molecule has 128 valence electrons. The van der Waals surface area contributed by atoms with Crippen molar-refractivity contribution in [1.29, 1.82) is 0 Å². The van der Waals surface area contributed by atoms with Gasteiger partial charge >= 0.3 is 0 Å². The van der Waals surface area contributed by atoms with Gasteiger partial charge in [0, 0.05) is 12.1 Å². The van der Waals surface area contributed by atoms with Gasteiger partial charge in [0.05, 0.1) is 12.3 Å². The fourth-order valence-electron chi connectivity index (χ4n) is 3.25. The first-order valence-corrected chi connectivity index (χ1v) is 8.81. The van der Waals surface area contributed by atoms with Crippen molar-refractivity contribution in [3.05, 3.63) is 59.5 Å². The number of nitrogens with zero attached hydrogens (tertiary/aromatic N) is 1. The van der Waals surface area contributed by atoms with Crippen molar-refractivity contribution in [3.63, 3.8) is 0 Å². The Bertz CT molecular complexity index is 641. The van der Waals surface area contributed by atoms with Gasteiger partial charge in [0.15, 0.2) is 0 Å². The highest BCUT2D eigenvalue weighted by atomic mass is 16.3. The summed E-state index contributed by atoms with van der Waals surface area (Å²) in [6.07, 6.45) is 4.12. The van der Waals surface area contributed by atoms with Gasteiger partial charge < -0.3 is 9.73 Å². The normalized spacial score (nSPS) is 16.5. The number of carbonyl (C=O) groups excluding carboxylic acids is 1. The van der Waals surface area contributed by atoms with E-state index in [9.17, 15) is 4.79 Å². The Kier molecular flexibility index (Phi) is 5.36. The predicted molar refractivity (Wildman–Crippen MR) is 95.1 cm³/mol. The minimum atomic E-state index is -0.0268. The van der Waals surface area contributed by atoms with E-state index in [1.807, 2.05) is 36.4 Å². The molecular formula is C20H26N2O2. The summed E-state index contributed by atoms with van der Waals surface area (Å²) in [5.41, 5.74) is 1.95. The lowest BCUT2D eigenvalue weighted by Crippen LogP contribution is -2.36. The van der Waals surface area contributed by atoms with Crippen molar-refractivity contribution in [2.45, 2.75) is 38.6 Å².